The topological polar surface area (TPSA) is 78.5 Å². The second-order valence-corrected chi connectivity index (χ2v) is 8.62. The van der Waals surface area contributed by atoms with Gasteiger partial charge in [-0.25, -0.2) is 12.7 Å². The molecule has 0 aromatic rings. The SMILES string of the molecule is CCN(CCCNC(=O)CC1CC2CCC(C1)N2)S(C)(=O)=O. The van der Waals surface area contributed by atoms with Crippen molar-refractivity contribution in [1.29, 1.82) is 0 Å². The highest BCUT2D eigenvalue weighted by Gasteiger charge is 2.34. The first-order valence-corrected chi connectivity index (χ1v) is 10.2. The zero-order valence-corrected chi connectivity index (χ0v) is 14.5. The highest BCUT2D eigenvalue weighted by molar-refractivity contribution is 7.88. The van der Waals surface area contributed by atoms with Crippen molar-refractivity contribution in [3.8, 4) is 0 Å². The number of nitrogens with zero attached hydrogens (tertiary/aromatic N) is 1. The molecule has 2 aliphatic rings. The lowest BCUT2D eigenvalue weighted by Crippen LogP contribution is -2.40. The van der Waals surface area contributed by atoms with Gasteiger partial charge in [0.15, 0.2) is 0 Å². The van der Waals surface area contributed by atoms with Crippen LogP contribution in [0.2, 0.25) is 0 Å². The van der Waals surface area contributed by atoms with Crippen LogP contribution in [-0.4, -0.2) is 56.6 Å². The summed E-state index contributed by atoms with van der Waals surface area (Å²) in [7, 11) is -3.13. The molecule has 0 aromatic heterocycles. The van der Waals surface area contributed by atoms with Crippen LogP contribution in [0.4, 0.5) is 0 Å². The van der Waals surface area contributed by atoms with E-state index < -0.39 is 10.0 Å². The molecule has 0 aliphatic carbocycles. The summed E-state index contributed by atoms with van der Waals surface area (Å²) < 4.78 is 24.3. The average molecular weight is 331 g/mol. The van der Waals surface area contributed by atoms with Crippen molar-refractivity contribution in [3.05, 3.63) is 0 Å². The number of fused-ring (bicyclic) bond motifs is 2. The molecule has 1 amide bonds. The van der Waals surface area contributed by atoms with Gasteiger partial charge in [-0.3, -0.25) is 4.79 Å². The Kier molecular flexibility index (Phi) is 6.23. The molecule has 0 spiro atoms. The van der Waals surface area contributed by atoms with E-state index in [9.17, 15) is 13.2 Å². The van der Waals surface area contributed by atoms with Gasteiger partial charge in [0.2, 0.25) is 15.9 Å². The van der Waals surface area contributed by atoms with Crippen LogP contribution in [0.1, 0.15) is 45.4 Å². The lowest BCUT2D eigenvalue weighted by molar-refractivity contribution is -0.122. The highest BCUT2D eigenvalue weighted by Crippen LogP contribution is 2.32. The van der Waals surface area contributed by atoms with Crippen LogP contribution in [0.15, 0.2) is 0 Å². The number of hydrogen-bond acceptors (Lipinski definition) is 4. The molecule has 2 fully saturated rings. The molecule has 7 heteroatoms. The number of rotatable bonds is 8. The summed E-state index contributed by atoms with van der Waals surface area (Å²) in [5, 5.41) is 6.51. The van der Waals surface area contributed by atoms with Crippen LogP contribution in [0.5, 0.6) is 0 Å². The van der Waals surface area contributed by atoms with Crippen molar-refractivity contribution in [2.45, 2.75) is 57.5 Å². The molecule has 2 heterocycles. The lowest BCUT2D eigenvalue weighted by Gasteiger charge is -2.28. The quantitative estimate of drug-likeness (QED) is 0.642. The number of piperidine rings is 1. The van der Waals surface area contributed by atoms with Crippen LogP contribution in [0.3, 0.4) is 0 Å². The van der Waals surface area contributed by atoms with Crippen LogP contribution >= 0.6 is 0 Å². The maximum atomic E-state index is 12.0. The Morgan fingerprint density at radius 3 is 2.45 bits per heavy atom. The highest BCUT2D eigenvalue weighted by atomic mass is 32.2. The van der Waals surface area contributed by atoms with Crippen molar-refractivity contribution >= 4 is 15.9 Å². The van der Waals surface area contributed by atoms with E-state index in [0.29, 0.717) is 50.5 Å². The number of nitrogens with one attached hydrogen (secondary N) is 2. The molecule has 2 bridgehead atoms. The number of carbonyl (C=O) groups is 1. The van der Waals surface area contributed by atoms with Crippen molar-refractivity contribution in [1.82, 2.24) is 14.9 Å². The van der Waals surface area contributed by atoms with Crippen LogP contribution in [-0.2, 0) is 14.8 Å². The summed E-state index contributed by atoms with van der Waals surface area (Å²) in [5.74, 6) is 0.607. The summed E-state index contributed by atoms with van der Waals surface area (Å²) in [6, 6.07) is 1.23. The zero-order valence-electron chi connectivity index (χ0n) is 13.7. The Morgan fingerprint density at radius 1 is 1.27 bits per heavy atom. The van der Waals surface area contributed by atoms with E-state index in [0.717, 1.165) is 12.8 Å². The zero-order chi connectivity index (χ0) is 16.2. The molecule has 128 valence electrons. The van der Waals surface area contributed by atoms with E-state index in [-0.39, 0.29) is 5.91 Å². The predicted octanol–water partition coefficient (Wildman–Crippen LogP) is 0.695. The Balaban J connectivity index is 1.62. The summed E-state index contributed by atoms with van der Waals surface area (Å²) in [6.07, 6.45) is 7.22. The molecule has 2 saturated heterocycles. The standard InChI is InChI=1S/C15H29N3O3S/c1-3-18(22(2,20)21)8-4-7-16-15(19)11-12-9-13-5-6-14(10-12)17-13/h12-14,17H,3-11H2,1-2H3,(H,16,19). The van der Waals surface area contributed by atoms with Gasteiger partial charge in [-0.2, -0.15) is 0 Å². The summed E-state index contributed by atoms with van der Waals surface area (Å²) in [6.45, 7) is 3.31. The number of hydrogen-bond donors (Lipinski definition) is 2. The first kappa shape index (κ1) is 17.7. The average Bonchev–Trinajstić information content (AvgIpc) is 2.76. The molecule has 2 aliphatic heterocycles. The predicted molar refractivity (Wildman–Crippen MR) is 87.0 cm³/mol. The third-order valence-corrected chi connectivity index (χ3v) is 6.15. The van der Waals surface area contributed by atoms with Crippen LogP contribution < -0.4 is 10.6 Å². The van der Waals surface area contributed by atoms with E-state index >= 15 is 0 Å². The normalized spacial score (nSPS) is 28.0. The summed E-state index contributed by atoms with van der Waals surface area (Å²) in [5.41, 5.74) is 0. The first-order chi connectivity index (χ1) is 10.4. The van der Waals surface area contributed by atoms with Gasteiger partial charge in [-0.1, -0.05) is 6.92 Å². The largest absolute Gasteiger partial charge is 0.356 e. The smallest absolute Gasteiger partial charge is 0.220 e. The molecule has 22 heavy (non-hydrogen) atoms. The van der Waals surface area contributed by atoms with E-state index in [1.807, 2.05) is 6.92 Å². The second kappa shape index (κ2) is 7.75. The molecule has 0 saturated carbocycles. The second-order valence-electron chi connectivity index (χ2n) is 6.64. The molecule has 2 N–H and O–H groups in total. The van der Waals surface area contributed by atoms with Gasteiger partial charge in [0.25, 0.3) is 0 Å². The number of amides is 1. The van der Waals surface area contributed by atoms with Gasteiger partial charge in [0.1, 0.15) is 0 Å². The molecule has 2 unspecified atom stereocenters. The minimum Gasteiger partial charge on any atom is -0.356 e. The molecular weight excluding hydrogens is 302 g/mol. The lowest BCUT2D eigenvalue weighted by atomic mass is 9.89. The first-order valence-electron chi connectivity index (χ1n) is 8.36. The maximum absolute atomic E-state index is 12.0. The molecule has 2 atom stereocenters. The van der Waals surface area contributed by atoms with E-state index in [2.05, 4.69) is 10.6 Å². The third kappa shape index (κ3) is 5.21. The molecule has 2 rings (SSSR count). The summed E-state index contributed by atoms with van der Waals surface area (Å²) >= 11 is 0. The van der Waals surface area contributed by atoms with Gasteiger partial charge in [0, 0.05) is 38.1 Å². The van der Waals surface area contributed by atoms with E-state index in [1.165, 1.54) is 23.4 Å². The molecular formula is C15H29N3O3S. The fourth-order valence-corrected chi connectivity index (χ4v) is 4.65. The van der Waals surface area contributed by atoms with Gasteiger partial charge in [-0.15, -0.1) is 0 Å². The summed E-state index contributed by atoms with van der Waals surface area (Å²) in [4.78, 5) is 12.0. The minimum absolute atomic E-state index is 0.105. The number of carbonyl (C=O) groups excluding carboxylic acids is 1. The minimum atomic E-state index is -3.13. The molecule has 0 radical (unpaired) electrons. The Bertz CT molecular complexity index is 468. The number of sulfonamides is 1. The van der Waals surface area contributed by atoms with Crippen molar-refractivity contribution in [2.24, 2.45) is 5.92 Å². The third-order valence-electron chi connectivity index (χ3n) is 4.77. The van der Waals surface area contributed by atoms with Gasteiger partial charge in [-0.05, 0) is 38.0 Å². The Morgan fingerprint density at radius 2 is 1.91 bits per heavy atom. The fraction of sp³-hybridized carbons (Fsp3) is 0.933. The van der Waals surface area contributed by atoms with E-state index in [4.69, 9.17) is 0 Å². The molecule has 0 aromatic carbocycles. The Hall–Kier alpha value is -0.660. The van der Waals surface area contributed by atoms with Crippen molar-refractivity contribution in [3.63, 3.8) is 0 Å². The van der Waals surface area contributed by atoms with Gasteiger partial charge in [0.05, 0.1) is 6.26 Å². The van der Waals surface area contributed by atoms with Crippen molar-refractivity contribution < 1.29 is 13.2 Å². The van der Waals surface area contributed by atoms with Crippen molar-refractivity contribution in [2.75, 3.05) is 25.9 Å². The Labute approximate surface area is 134 Å². The molecule has 6 nitrogen and oxygen atoms in total. The van der Waals surface area contributed by atoms with E-state index in [1.54, 1.807) is 0 Å². The van der Waals surface area contributed by atoms with Crippen LogP contribution in [0, 0.1) is 5.92 Å². The van der Waals surface area contributed by atoms with Gasteiger partial charge < -0.3 is 10.6 Å². The van der Waals surface area contributed by atoms with Crippen LogP contribution in [0.25, 0.3) is 0 Å². The fourth-order valence-electron chi connectivity index (χ4n) is 3.72. The maximum Gasteiger partial charge on any atom is 0.220 e. The monoisotopic (exact) mass is 331 g/mol. The van der Waals surface area contributed by atoms with Gasteiger partial charge >= 0.3 is 0 Å².